The van der Waals surface area contributed by atoms with Crippen molar-refractivity contribution in [2.45, 2.75) is 64.3 Å². The van der Waals surface area contributed by atoms with Crippen LogP contribution < -0.4 is 10.6 Å². The summed E-state index contributed by atoms with van der Waals surface area (Å²) in [6.45, 7) is 4.29. The van der Waals surface area contributed by atoms with Crippen molar-refractivity contribution in [2.75, 3.05) is 13.1 Å². The topological polar surface area (TPSA) is 41.1 Å². The SMILES string of the molecule is CC1(C(=O)NC2CCCNCC2)CCCCC1. The molecule has 2 N–H and O–H groups in total. The van der Waals surface area contributed by atoms with E-state index in [1.54, 1.807) is 0 Å². The van der Waals surface area contributed by atoms with Crippen LogP contribution in [0.15, 0.2) is 0 Å². The van der Waals surface area contributed by atoms with E-state index >= 15 is 0 Å². The van der Waals surface area contributed by atoms with Crippen LogP contribution in [0, 0.1) is 5.41 Å². The average molecular weight is 238 g/mol. The lowest BCUT2D eigenvalue weighted by atomic mass is 9.75. The van der Waals surface area contributed by atoms with Gasteiger partial charge in [0, 0.05) is 11.5 Å². The van der Waals surface area contributed by atoms with E-state index in [4.69, 9.17) is 0 Å². The van der Waals surface area contributed by atoms with Crippen molar-refractivity contribution >= 4 is 5.91 Å². The number of carbonyl (C=O) groups excluding carboxylic acids is 1. The quantitative estimate of drug-likeness (QED) is 0.774. The van der Waals surface area contributed by atoms with E-state index < -0.39 is 0 Å². The molecule has 1 unspecified atom stereocenters. The third-order valence-electron chi connectivity index (χ3n) is 4.42. The lowest BCUT2D eigenvalue weighted by molar-refractivity contribution is -0.132. The fraction of sp³-hybridized carbons (Fsp3) is 0.929. The summed E-state index contributed by atoms with van der Waals surface area (Å²) < 4.78 is 0. The van der Waals surface area contributed by atoms with Crippen molar-refractivity contribution in [3.05, 3.63) is 0 Å². The molecule has 0 aromatic rings. The smallest absolute Gasteiger partial charge is 0.226 e. The molecule has 1 atom stereocenters. The second-order valence-electron chi connectivity index (χ2n) is 5.97. The summed E-state index contributed by atoms with van der Waals surface area (Å²) in [5, 5.41) is 6.68. The minimum atomic E-state index is -0.0853. The zero-order chi connectivity index (χ0) is 12.1. The van der Waals surface area contributed by atoms with Gasteiger partial charge in [0.2, 0.25) is 5.91 Å². The van der Waals surface area contributed by atoms with Crippen LogP contribution in [0.25, 0.3) is 0 Å². The van der Waals surface area contributed by atoms with Gasteiger partial charge in [0.1, 0.15) is 0 Å². The zero-order valence-electron chi connectivity index (χ0n) is 11.1. The molecule has 1 saturated carbocycles. The fourth-order valence-electron chi connectivity index (χ4n) is 3.08. The molecule has 0 bridgehead atoms. The molecule has 3 nitrogen and oxygen atoms in total. The highest BCUT2D eigenvalue weighted by Crippen LogP contribution is 2.36. The van der Waals surface area contributed by atoms with Crippen molar-refractivity contribution in [3.8, 4) is 0 Å². The summed E-state index contributed by atoms with van der Waals surface area (Å²) in [6, 6.07) is 0.399. The number of nitrogens with one attached hydrogen (secondary N) is 2. The van der Waals surface area contributed by atoms with Crippen molar-refractivity contribution in [1.82, 2.24) is 10.6 Å². The Balaban J connectivity index is 1.86. The molecule has 17 heavy (non-hydrogen) atoms. The van der Waals surface area contributed by atoms with E-state index in [2.05, 4.69) is 17.6 Å². The summed E-state index contributed by atoms with van der Waals surface area (Å²) in [4.78, 5) is 12.4. The Morgan fingerprint density at radius 1 is 1.12 bits per heavy atom. The lowest BCUT2D eigenvalue weighted by Gasteiger charge is -2.33. The van der Waals surface area contributed by atoms with Crippen LogP contribution in [-0.2, 0) is 4.79 Å². The van der Waals surface area contributed by atoms with Gasteiger partial charge >= 0.3 is 0 Å². The molecule has 1 aliphatic heterocycles. The molecular weight excluding hydrogens is 212 g/mol. The van der Waals surface area contributed by atoms with Gasteiger partial charge in [-0.05, 0) is 45.2 Å². The van der Waals surface area contributed by atoms with Crippen molar-refractivity contribution in [3.63, 3.8) is 0 Å². The van der Waals surface area contributed by atoms with Crippen LogP contribution in [0.1, 0.15) is 58.3 Å². The van der Waals surface area contributed by atoms with E-state index in [9.17, 15) is 4.79 Å². The zero-order valence-corrected chi connectivity index (χ0v) is 11.1. The van der Waals surface area contributed by atoms with Gasteiger partial charge in [0.25, 0.3) is 0 Å². The van der Waals surface area contributed by atoms with Crippen LogP contribution in [0.5, 0.6) is 0 Å². The summed E-state index contributed by atoms with van der Waals surface area (Å²) in [5.41, 5.74) is -0.0853. The average Bonchev–Trinajstić information content (AvgIpc) is 2.58. The molecule has 2 rings (SSSR count). The Bertz CT molecular complexity index is 251. The maximum atomic E-state index is 12.4. The maximum absolute atomic E-state index is 12.4. The van der Waals surface area contributed by atoms with Crippen LogP contribution >= 0.6 is 0 Å². The molecule has 0 aromatic heterocycles. The Labute approximate surface area is 105 Å². The highest BCUT2D eigenvalue weighted by molar-refractivity contribution is 5.82. The standard InChI is InChI=1S/C14H26N2O/c1-14(8-3-2-4-9-14)13(17)16-12-6-5-10-15-11-7-12/h12,15H,2-11H2,1H3,(H,16,17). The Morgan fingerprint density at radius 2 is 1.88 bits per heavy atom. The highest BCUT2D eigenvalue weighted by atomic mass is 16.2. The van der Waals surface area contributed by atoms with E-state index in [1.807, 2.05) is 0 Å². The molecule has 1 aliphatic carbocycles. The van der Waals surface area contributed by atoms with Gasteiger partial charge < -0.3 is 10.6 Å². The molecule has 3 heteroatoms. The van der Waals surface area contributed by atoms with Crippen LogP contribution in [0.2, 0.25) is 0 Å². The van der Waals surface area contributed by atoms with Gasteiger partial charge in [-0.15, -0.1) is 0 Å². The molecule has 0 radical (unpaired) electrons. The third-order valence-corrected chi connectivity index (χ3v) is 4.42. The van der Waals surface area contributed by atoms with Gasteiger partial charge in [0.05, 0.1) is 0 Å². The van der Waals surface area contributed by atoms with E-state index in [-0.39, 0.29) is 5.41 Å². The summed E-state index contributed by atoms with van der Waals surface area (Å²) in [5.74, 6) is 0.309. The van der Waals surface area contributed by atoms with Crippen LogP contribution in [0.3, 0.4) is 0 Å². The highest BCUT2D eigenvalue weighted by Gasteiger charge is 2.35. The van der Waals surface area contributed by atoms with Gasteiger partial charge in [-0.1, -0.05) is 26.2 Å². The van der Waals surface area contributed by atoms with Gasteiger partial charge in [0.15, 0.2) is 0 Å². The molecule has 98 valence electrons. The van der Waals surface area contributed by atoms with Crippen LogP contribution in [0.4, 0.5) is 0 Å². The molecule has 2 fully saturated rings. The van der Waals surface area contributed by atoms with E-state index in [0.29, 0.717) is 11.9 Å². The molecule has 2 aliphatic rings. The predicted molar refractivity (Wildman–Crippen MR) is 69.8 cm³/mol. The first kappa shape index (κ1) is 12.9. The minimum absolute atomic E-state index is 0.0853. The first-order valence-corrected chi connectivity index (χ1v) is 7.22. The molecule has 1 amide bonds. The Hall–Kier alpha value is -0.570. The largest absolute Gasteiger partial charge is 0.353 e. The monoisotopic (exact) mass is 238 g/mol. The normalized spacial score (nSPS) is 29.4. The fourth-order valence-corrected chi connectivity index (χ4v) is 3.08. The molecule has 1 heterocycles. The minimum Gasteiger partial charge on any atom is -0.353 e. The van der Waals surface area contributed by atoms with Crippen LogP contribution in [-0.4, -0.2) is 25.0 Å². The van der Waals surface area contributed by atoms with Gasteiger partial charge in [-0.3, -0.25) is 4.79 Å². The van der Waals surface area contributed by atoms with Gasteiger partial charge in [-0.2, -0.15) is 0 Å². The molecular formula is C14H26N2O. The van der Waals surface area contributed by atoms with Gasteiger partial charge in [-0.25, -0.2) is 0 Å². The Morgan fingerprint density at radius 3 is 2.65 bits per heavy atom. The summed E-state index contributed by atoms with van der Waals surface area (Å²) >= 11 is 0. The van der Waals surface area contributed by atoms with Crippen molar-refractivity contribution in [2.24, 2.45) is 5.41 Å². The van der Waals surface area contributed by atoms with E-state index in [0.717, 1.165) is 38.8 Å². The number of amides is 1. The van der Waals surface area contributed by atoms with Crippen molar-refractivity contribution in [1.29, 1.82) is 0 Å². The number of carbonyl (C=O) groups is 1. The number of hydrogen-bond acceptors (Lipinski definition) is 2. The maximum Gasteiger partial charge on any atom is 0.226 e. The number of hydrogen-bond donors (Lipinski definition) is 2. The number of rotatable bonds is 2. The third kappa shape index (κ3) is 3.44. The predicted octanol–water partition coefficient (Wildman–Crippen LogP) is 2.22. The lowest BCUT2D eigenvalue weighted by Crippen LogP contribution is -2.45. The van der Waals surface area contributed by atoms with E-state index in [1.165, 1.54) is 25.7 Å². The van der Waals surface area contributed by atoms with Crippen molar-refractivity contribution < 1.29 is 4.79 Å². The molecule has 1 saturated heterocycles. The first-order chi connectivity index (χ1) is 8.21. The summed E-state index contributed by atoms with van der Waals surface area (Å²) in [7, 11) is 0. The second kappa shape index (κ2) is 5.85. The Kier molecular flexibility index (Phi) is 4.43. The second-order valence-corrected chi connectivity index (χ2v) is 5.97. The molecule has 0 aromatic carbocycles. The molecule has 0 spiro atoms. The summed E-state index contributed by atoms with van der Waals surface area (Å²) in [6.07, 6.45) is 9.29. The first-order valence-electron chi connectivity index (χ1n) is 7.22.